The normalized spacial score (nSPS) is 10.7. The molecule has 1 amide bonds. The molecule has 0 unspecified atom stereocenters. The highest BCUT2D eigenvalue weighted by molar-refractivity contribution is 5.83. The van der Waals surface area contributed by atoms with Crippen LogP contribution in [0.1, 0.15) is 5.69 Å². The molecule has 1 aromatic heterocycles. The third kappa shape index (κ3) is 3.41. The van der Waals surface area contributed by atoms with Crippen LogP contribution >= 0.6 is 0 Å². The van der Waals surface area contributed by atoms with E-state index < -0.39 is 0 Å². The maximum absolute atomic E-state index is 11.6. The van der Waals surface area contributed by atoms with Crippen molar-refractivity contribution in [3.8, 4) is 18.1 Å². The molecule has 1 heterocycles. The summed E-state index contributed by atoms with van der Waals surface area (Å²) in [4.78, 5) is 15.1. The van der Waals surface area contributed by atoms with Crippen molar-refractivity contribution in [3.63, 3.8) is 0 Å². The van der Waals surface area contributed by atoms with E-state index in [0.29, 0.717) is 12.3 Å². The lowest BCUT2D eigenvalue weighted by Gasteiger charge is -2.13. The van der Waals surface area contributed by atoms with E-state index in [1.54, 1.807) is 20.2 Å². The number of nitrogens with zero attached hydrogens (tertiary/aromatic N) is 3. The van der Waals surface area contributed by atoms with Gasteiger partial charge in [-0.25, -0.2) is 4.79 Å². The average Bonchev–Trinajstić information content (AvgIpc) is 2.75. The van der Waals surface area contributed by atoms with Gasteiger partial charge in [-0.05, 0) is 31.3 Å². The number of amides is 1. The van der Waals surface area contributed by atoms with E-state index in [4.69, 9.17) is 11.2 Å². The summed E-state index contributed by atoms with van der Waals surface area (Å²) < 4.78 is 7.42. The zero-order valence-electron chi connectivity index (χ0n) is 13.5. The number of carbonyl (C=O) groups is 1. The Morgan fingerprint density at radius 1 is 1.32 bits per heavy atom. The molecule has 2 aromatic rings. The average molecular weight is 299 g/mol. The second kappa shape index (κ2) is 6.54. The van der Waals surface area contributed by atoms with Crippen molar-refractivity contribution >= 4 is 17.0 Å². The number of fused-ring (bicyclic) bond motifs is 1. The Balaban J connectivity index is 2.27. The molecular formula is C17H21N3O2. The summed E-state index contributed by atoms with van der Waals surface area (Å²) in [5.74, 6) is 3.18. The Hall–Kier alpha value is -2.45. The molecule has 5 nitrogen and oxygen atoms in total. The first kappa shape index (κ1) is 15.9. The van der Waals surface area contributed by atoms with Crippen LogP contribution in [0.4, 0.5) is 4.79 Å². The highest BCUT2D eigenvalue weighted by Gasteiger charge is 2.11. The summed E-state index contributed by atoms with van der Waals surface area (Å²) in [6, 6.07) is 7.73. The van der Waals surface area contributed by atoms with Gasteiger partial charge in [-0.3, -0.25) is 4.90 Å². The highest BCUT2D eigenvalue weighted by atomic mass is 16.6. The van der Waals surface area contributed by atoms with Crippen molar-refractivity contribution in [3.05, 3.63) is 30.0 Å². The molecule has 0 aliphatic heterocycles. The van der Waals surface area contributed by atoms with Crippen molar-refractivity contribution in [1.82, 2.24) is 14.4 Å². The molecule has 0 aliphatic rings. The topological polar surface area (TPSA) is 37.7 Å². The second-order valence-corrected chi connectivity index (χ2v) is 5.55. The summed E-state index contributed by atoms with van der Waals surface area (Å²) in [5, 5.41) is 1.04. The lowest BCUT2D eigenvalue weighted by atomic mass is 10.2. The lowest BCUT2D eigenvalue weighted by molar-refractivity contribution is 0.172. The first-order valence-corrected chi connectivity index (χ1v) is 7.02. The van der Waals surface area contributed by atoms with Crippen LogP contribution in [-0.2, 0) is 13.6 Å². The SMILES string of the molecule is C#CCN(C)Cc1cc2cc(OC(=O)N(C)C)ccc2n1C. The van der Waals surface area contributed by atoms with Crippen molar-refractivity contribution in [2.75, 3.05) is 27.7 Å². The molecule has 0 N–H and O–H groups in total. The van der Waals surface area contributed by atoms with Gasteiger partial charge in [-0.2, -0.15) is 0 Å². The monoisotopic (exact) mass is 299 g/mol. The number of rotatable bonds is 4. The third-order valence-electron chi connectivity index (χ3n) is 3.48. The summed E-state index contributed by atoms with van der Waals surface area (Å²) in [6.45, 7) is 1.37. The van der Waals surface area contributed by atoms with E-state index in [-0.39, 0.29) is 6.09 Å². The van der Waals surface area contributed by atoms with Crippen LogP contribution in [0.2, 0.25) is 0 Å². The standard InChI is InChI=1S/C17H21N3O2/c1-6-9-19(4)12-14-10-13-11-15(22-17(21)18(2)3)7-8-16(13)20(14)5/h1,7-8,10-11H,9,12H2,2-5H3. The molecule has 5 heteroatoms. The van der Waals surface area contributed by atoms with Crippen LogP contribution in [0.3, 0.4) is 0 Å². The van der Waals surface area contributed by atoms with Gasteiger partial charge in [0.05, 0.1) is 6.54 Å². The Bertz CT molecular complexity index is 725. The quantitative estimate of drug-likeness (QED) is 0.813. The number of carbonyl (C=O) groups excluding carboxylic acids is 1. The van der Waals surface area contributed by atoms with Gasteiger partial charge in [-0.1, -0.05) is 5.92 Å². The van der Waals surface area contributed by atoms with Crippen molar-refractivity contribution in [1.29, 1.82) is 0 Å². The molecule has 22 heavy (non-hydrogen) atoms. The van der Waals surface area contributed by atoms with Gasteiger partial charge in [0.1, 0.15) is 5.75 Å². The van der Waals surface area contributed by atoms with E-state index in [1.165, 1.54) is 4.90 Å². The van der Waals surface area contributed by atoms with Crippen LogP contribution in [-0.4, -0.2) is 48.1 Å². The fourth-order valence-electron chi connectivity index (χ4n) is 2.28. The van der Waals surface area contributed by atoms with Gasteiger partial charge in [-0.15, -0.1) is 6.42 Å². The van der Waals surface area contributed by atoms with E-state index in [1.807, 2.05) is 26.2 Å². The maximum atomic E-state index is 11.6. The van der Waals surface area contributed by atoms with Crippen molar-refractivity contribution in [2.45, 2.75) is 6.54 Å². The number of benzene rings is 1. The van der Waals surface area contributed by atoms with E-state index in [2.05, 4.69) is 21.5 Å². The summed E-state index contributed by atoms with van der Waals surface area (Å²) in [6.07, 6.45) is 4.95. The Morgan fingerprint density at radius 3 is 2.68 bits per heavy atom. The number of hydrogen-bond acceptors (Lipinski definition) is 3. The van der Waals surface area contributed by atoms with E-state index >= 15 is 0 Å². The summed E-state index contributed by atoms with van der Waals surface area (Å²) in [7, 11) is 7.32. The summed E-state index contributed by atoms with van der Waals surface area (Å²) in [5.41, 5.74) is 2.25. The largest absolute Gasteiger partial charge is 0.414 e. The number of ether oxygens (including phenoxy) is 1. The first-order valence-electron chi connectivity index (χ1n) is 7.02. The highest BCUT2D eigenvalue weighted by Crippen LogP contribution is 2.24. The van der Waals surface area contributed by atoms with Gasteiger partial charge in [0.2, 0.25) is 0 Å². The molecule has 0 saturated carbocycles. The van der Waals surface area contributed by atoms with Gasteiger partial charge >= 0.3 is 6.09 Å². The number of hydrogen-bond donors (Lipinski definition) is 0. The second-order valence-electron chi connectivity index (χ2n) is 5.55. The minimum absolute atomic E-state index is 0.385. The van der Waals surface area contributed by atoms with Gasteiger partial charge in [0.25, 0.3) is 0 Å². The number of aromatic nitrogens is 1. The van der Waals surface area contributed by atoms with Crippen molar-refractivity contribution < 1.29 is 9.53 Å². The van der Waals surface area contributed by atoms with Crippen LogP contribution in [0.25, 0.3) is 10.9 Å². The molecule has 2 rings (SSSR count). The number of aryl methyl sites for hydroxylation is 1. The van der Waals surface area contributed by atoms with Crippen molar-refractivity contribution in [2.24, 2.45) is 7.05 Å². The molecule has 0 aliphatic carbocycles. The molecule has 0 spiro atoms. The minimum Gasteiger partial charge on any atom is -0.410 e. The molecule has 0 atom stereocenters. The molecular weight excluding hydrogens is 278 g/mol. The van der Waals surface area contributed by atoms with E-state index in [0.717, 1.165) is 23.1 Å². The number of terminal acetylenes is 1. The maximum Gasteiger partial charge on any atom is 0.414 e. The minimum atomic E-state index is -0.385. The molecule has 1 aromatic carbocycles. The van der Waals surface area contributed by atoms with Gasteiger partial charge in [0.15, 0.2) is 0 Å². The smallest absolute Gasteiger partial charge is 0.410 e. The third-order valence-corrected chi connectivity index (χ3v) is 3.48. The first-order chi connectivity index (χ1) is 10.4. The molecule has 0 saturated heterocycles. The Kier molecular flexibility index (Phi) is 4.74. The fourth-order valence-corrected chi connectivity index (χ4v) is 2.28. The molecule has 0 radical (unpaired) electrons. The zero-order chi connectivity index (χ0) is 16.3. The van der Waals surface area contributed by atoms with Crippen LogP contribution in [0, 0.1) is 12.3 Å². The van der Waals surface area contributed by atoms with E-state index in [9.17, 15) is 4.79 Å². The fraction of sp³-hybridized carbons (Fsp3) is 0.353. The predicted octanol–water partition coefficient (Wildman–Crippen LogP) is 2.30. The lowest BCUT2D eigenvalue weighted by Crippen LogP contribution is -2.25. The van der Waals surface area contributed by atoms with Crippen LogP contribution < -0.4 is 4.74 Å². The molecule has 0 bridgehead atoms. The van der Waals surface area contributed by atoms with Gasteiger partial charge < -0.3 is 14.2 Å². The Morgan fingerprint density at radius 2 is 2.05 bits per heavy atom. The predicted molar refractivity (Wildman–Crippen MR) is 87.8 cm³/mol. The summed E-state index contributed by atoms with van der Waals surface area (Å²) >= 11 is 0. The van der Waals surface area contributed by atoms with Gasteiger partial charge in [0, 0.05) is 44.3 Å². The Labute approximate surface area is 131 Å². The molecule has 116 valence electrons. The zero-order valence-corrected chi connectivity index (χ0v) is 13.5. The van der Waals surface area contributed by atoms with Crippen LogP contribution in [0.5, 0.6) is 5.75 Å². The van der Waals surface area contributed by atoms with Crippen LogP contribution in [0.15, 0.2) is 24.3 Å². The molecule has 0 fully saturated rings.